The first-order valence-corrected chi connectivity index (χ1v) is 8.08. The van der Waals surface area contributed by atoms with Gasteiger partial charge in [0.15, 0.2) is 5.78 Å². The highest BCUT2D eigenvalue weighted by Crippen LogP contribution is 2.22. The quantitative estimate of drug-likeness (QED) is 0.667. The fourth-order valence-corrected chi connectivity index (χ4v) is 2.80. The number of hydrogen-bond acceptors (Lipinski definition) is 6. The van der Waals surface area contributed by atoms with Crippen molar-refractivity contribution in [2.75, 3.05) is 11.1 Å². The van der Waals surface area contributed by atoms with Gasteiger partial charge in [0.2, 0.25) is 11.1 Å². The highest BCUT2D eigenvalue weighted by Gasteiger charge is 2.20. The van der Waals surface area contributed by atoms with E-state index >= 15 is 0 Å². The third kappa shape index (κ3) is 4.62. The van der Waals surface area contributed by atoms with Crippen LogP contribution in [0.15, 0.2) is 29.4 Å². The van der Waals surface area contributed by atoms with E-state index in [1.165, 1.54) is 18.7 Å². The number of nitrogens with one attached hydrogen (secondary N) is 1. The molecule has 1 amide bonds. The summed E-state index contributed by atoms with van der Waals surface area (Å²) in [6, 6.07) is 6.80. The van der Waals surface area contributed by atoms with Gasteiger partial charge in [-0.25, -0.2) is 4.68 Å². The number of amides is 1. The van der Waals surface area contributed by atoms with E-state index in [0.29, 0.717) is 16.4 Å². The van der Waals surface area contributed by atoms with Crippen molar-refractivity contribution in [2.45, 2.75) is 38.4 Å². The van der Waals surface area contributed by atoms with E-state index < -0.39 is 0 Å². The molecule has 122 valence electrons. The van der Waals surface area contributed by atoms with Crippen LogP contribution in [0.2, 0.25) is 0 Å². The molecule has 1 N–H and O–H groups in total. The van der Waals surface area contributed by atoms with E-state index in [0.717, 1.165) is 0 Å². The van der Waals surface area contributed by atoms with Crippen LogP contribution in [0.25, 0.3) is 0 Å². The molecular weight excluding hydrogens is 314 g/mol. The van der Waals surface area contributed by atoms with Crippen LogP contribution in [0.4, 0.5) is 5.69 Å². The van der Waals surface area contributed by atoms with Gasteiger partial charge in [0.1, 0.15) is 0 Å². The van der Waals surface area contributed by atoms with Crippen molar-refractivity contribution in [3.63, 3.8) is 0 Å². The minimum atomic E-state index is -0.241. The number of rotatable bonds is 5. The second-order valence-corrected chi connectivity index (χ2v) is 6.96. The number of anilines is 1. The Labute approximate surface area is 138 Å². The lowest BCUT2D eigenvalue weighted by molar-refractivity contribution is -0.114. The largest absolute Gasteiger partial charge is 0.326 e. The number of tetrazole rings is 1. The van der Waals surface area contributed by atoms with E-state index in [4.69, 9.17) is 0 Å². The normalized spacial score (nSPS) is 11.3. The summed E-state index contributed by atoms with van der Waals surface area (Å²) in [6.45, 7) is 7.43. The minimum absolute atomic E-state index is 0.0205. The number of nitrogens with zero attached hydrogens (tertiary/aromatic N) is 4. The maximum absolute atomic E-state index is 12.2. The third-order valence-electron chi connectivity index (χ3n) is 2.94. The highest BCUT2D eigenvalue weighted by atomic mass is 32.2. The molecule has 0 fully saturated rings. The topological polar surface area (TPSA) is 89.8 Å². The van der Waals surface area contributed by atoms with Crippen molar-refractivity contribution in [3.8, 4) is 0 Å². The Hall–Kier alpha value is -2.22. The molecular formula is C15H19N5O2S. The number of thioether (sulfide) groups is 1. The summed E-state index contributed by atoms with van der Waals surface area (Å²) in [6.07, 6.45) is 0. The summed E-state index contributed by atoms with van der Waals surface area (Å²) in [5.74, 6) is 0.0807. The lowest BCUT2D eigenvalue weighted by Crippen LogP contribution is -2.24. The van der Waals surface area contributed by atoms with Crippen LogP contribution in [-0.2, 0) is 10.3 Å². The van der Waals surface area contributed by atoms with E-state index in [9.17, 15) is 9.59 Å². The smallest absolute Gasteiger partial charge is 0.221 e. The second kappa shape index (κ2) is 6.91. The molecule has 2 aromatic rings. The fraction of sp³-hybridized carbons (Fsp3) is 0.400. The lowest BCUT2D eigenvalue weighted by atomic mass is 10.1. The molecule has 0 radical (unpaired) electrons. The Morgan fingerprint density at radius 3 is 2.43 bits per heavy atom. The number of aromatic nitrogens is 4. The van der Waals surface area contributed by atoms with Crippen LogP contribution in [0.3, 0.4) is 0 Å². The molecule has 0 spiro atoms. The van der Waals surface area contributed by atoms with E-state index in [1.54, 1.807) is 28.9 Å². The maximum atomic E-state index is 12.2. The van der Waals surface area contributed by atoms with E-state index in [1.807, 2.05) is 20.8 Å². The molecule has 0 atom stereocenters. The summed E-state index contributed by atoms with van der Waals surface area (Å²) >= 11 is 1.31. The summed E-state index contributed by atoms with van der Waals surface area (Å²) < 4.78 is 1.70. The van der Waals surface area contributed by atoms with Crippen molar-refractivity contribution in [1.29, 1.82) is 0 Å². The molecule has 8 heteroatoms. The van der Waals surface area contributed by atoms with Crippen LogP contribution in [-0.4, -0.2) is 37.7 Å². The van der Waals surface area contributed by atoms with Crippen molar-refractivity contribution < 1.29 is 9.59 Å². The monoisotopic (exact) mass is 333 g/mol. The summed E-state index contributed by atoms with van der Waals surface area (Å²) in [7, 11) is 0. The van der Waals surface area contributed by atoms with Gasteiger partial charge < -0.3 is 5.32 Å². The van der Waals surface area contributed by atoms with Crippen LogP contribution >= 0.6 is 11.8 Å². The second-order valence-electron chi connectivity index (χ2n) is 6.01. The molecule has 0 aliphatic carbocycles. The Bertz CT molecular complexity index is 703. The molecule has 1 heterocycles. The van der Waals surface area contributed by atoms with Crippen molar-refractivity contribution in [3.05, 3.63) is 29.8 Å². The Balaban J connectivity index is 2.00. The molecule has 7 nitrogen and oxygen atoms in total. The van der Waals surface area contributed by atoms with Gasteiger partial charge in [-0.1, -0.05) is 11.8 Å². The van der Waals surface area contributed by atoms with Gasteiger partial charge in [0, 0.05) is 18.2 Å². The molecule has 0 saturated carbocycles. The highest BCUT2D eigenvalue weighted by molar-refractivity contribution is 7.99. The first-order chi connectivity index (χ1) is 10.8. The number of Topliss-reactive ketones (excluding diaryl/α,β-unsaturated/α-hetero) is 1. The zero-order valence-electron chi connectivity index (χ0n) is 13.5. The number of benzene rings is 1. The van der Waals surface area contributed by atoms with Gasteiger partial charge in [0.05, 0.1) is 11.3 Å². The predicted octanol–water partition coefficient (Wildman–Crippen LogP) is 2.36. The molecule has 0 aliphatic heterocycles. The number of carbonyl (C=O) groups excluding carboxylic acids is 2. The Kier molecular flexibility index (Phi) is 5.15. The third-order valence-corrected chi connectivity index (χ3v) is 3.86. The fourth-order valence-electron chi connectivity index (χ4n) is 1.85. The first-order valence-electron chi connectivity index (χ1n) is 7.10. The zero-order chi connectivity index (χ0) is 17.0. The van der Waals surface area contributed by atoms with Crippen molar-refractivity contribution in [2.24, 2.45) is 0 Å². The van der Waals surface area contributed by atoms with Gasteiger partial charge in [-0.15, -0.1) is 5.10 Å². The zero-order valence-corrected chi connectivity index (χ0v) is 14.3. The van der Waals surface area contributed by atoms with Crippen molar-refractivity contribution >= 4 is 29.1 Å². The maximum Gasteiger partial charge on any atom is 0.221 e. The molecule has 0 bridgehead atoms. The molecule has 1 aromatic heterocycles. The standard InChI is InChI=1S/C15H19N5O2S/c1-10(21)16-12-7-5-11(6-8-12)13(22)9-23-14-17-18-19-20(14)15(2,3)4/h5-8H,9H2,1-4H3,(H,16,21). The molecule has 1 aromatic carbocycles. The molecule has 23 heavy (non-hydrogen) atoms. The van der Waals surface area contributed by atoms with Gasteiger partial charge in [0.25, 0.3) is 0 Å². The van der Waals surface area contributed by atoms with E-state index in [-0.39, 0.29) is 23.0 Å². The van der Waals surface area contributed by atoms with Crippen LogP contribution in [0, 0.1) is 0 Å². The number of carbonyl (C=O) groups is 2. The van der Waals surface area contributed by atoms with Crippen LogP contribution < -0.4 is 5.32 Å². The van der Waals surface area contributed by atoms with Crippen LogP contribution in [0.1, 0.15) is 38.1 Å². The van der Waals surface area contributed by atoms with Crippen LogP contribution in [0.5, 0.6) is 0 Å². The van der Waals surface area contributed by atoms with E-state index in [2.05, 4.69) is 20.8 Å². The van der Waals surface area contributed by atoms with Crippen molar-refractivity contribution in [1.82, 2.24) is 20.2 Å². The van der Waals surface area contributed by atoms with Gasteiger partial charge in [-0.2, -0.15) is 0 Å². The van der Waals surface area contributed by atoms with Gasteiger partial charge >= 0.3 is 0 Å². The molecule has 0 aliphatic rings. The number of ketones is 1. The average Bonchev–Trinajstić information content (AvgIpc) is 2.93. The lowest BCUT2D eigenvalue weighted by Gasteiger charge is -2.19. The van der Waals surface area contributed by atoms with Gasteiger partial charge in [-0.3, -0.25) is 9.59 Å². The first kappa shape index (κ1) is 17.1. The van der Waals surface area contributed by atoms with Gasteiger partial charge in [-0.05, 0) is 55.5 Å². The molecule has 2 rings (SSSR count). The predicted molar refractivity (Wildman–Crippen MR) is 88.6 cm³/mol. The SMILES string of the molecule is CC(=O)Nc1ccc(C(=O)CSc2nnnn2C(C)(C)C)cc1. The average molecular weight is 333 g/mol. The molecule has 0 unspecified atom stereocenters. The summed E-state index contributed by atoms with van der Waals surface area (Å²) in [5, 5.41) is 14.9. The minimum Gasteiger partial charge on any atom is -0.326 e. The summed E-state index contributed by atoms with van der Waals surface area (Å²) in [4.78, 5) is 23.2. The summed E-state index contributed by atoms with van der Waals surface area (Å²) in [5.41, 5.74) is 1.01. The number of hydrogen-bond donors (Lipinski definition) is 1. The Morgan fingerprint density at radius 2 is 1.87 bits per heavy atom. The Morgan fingerprint density at radius 1 is 1.22 bits per heavy atom. The molecule has 0 saturated heterocycles.